The zero-order valence-corrected chi connectivity index (χ0v) is 13.7. The van der Waals surface area contributed by atoms with Gasteiger partial charge in [0.25, 0.3) is 5.91 Å². The third-order valence-corrected chi connectivity index (χ3v) is 3.00. The maximum Gasteiger partial charge on any atom is 0.251 e. The van der Waals surface area contributed by atoms with Crippen LogP contribution in [0.5, 0.6) is 0 Å². The first-order chi connectivity index (χ1) is 8.69. The summed E-state index contributed by atoms with van der Waals surface area (Å²) >= 11 is 2.14. The van der Waals surface area contributed by atoms with E-state index < -0.39 is 6.04 Å². The fourth-order valence-corrected chi connectivity index (χ4v) is 2.00. The Hall–Kier alpha value is -1.11. The molecule has 104 valence electrons. The average Bonchev–Trinajstić information content (AvgIpc) is 2.26. The van der Waals surface area contributed by atoms with Gasteiger partial charge in [-0.1, -0.05) is 6.07 Å². The Kier molecular flexibility index (Phi) is 5.34. The lowest BCUT2D eigenvalue weighted by atomic mass is 10.1. The first kappa shape index (κ1) is 15.9. The number of benzene rings is 1. The van der Waals surface area contributed by atoms with Gasteiger partial charge in [0.2, 0.25) is 5.91 Å². The van der Waals surface area contributed by atoms with Crippen LogP contribution in [0.2, 0.25) is 0 Å². The second kappa shape index (κ2) is 6.36. The van der Waals surface area contributed by atoms with Gasteiger partial charge in [-0.2, -0.15) is 0 Å². The summed E-state index contributed by atoms with van der Waals surface area (Å²) in [6, 6.07) is 6.67. The Morgan fingerprint density at radius 1 is 1.26 bits per heavy atom. The molecular formula is C14H19IN2O2. The Balaban J connectivity index is 2.64. The quantitative estimate of drug-likeness (QED) is 0.798. The molecule has 0 aliphatic carbocycles. The summed E-state index contributed by atoms with van der Waals surface area (Å²) in [5.74, 6) is -0.429. The van der Waals surface area contributed by atoms with Gasteiger partial charge < -0.3 is 10.6 Å². The molecular weight excluding hydrogens is 355 g/mol. The summed E-state index contributed by atoms with van der Waals surface area (Å²) in [4.78, 5) is 23.8. The highest BCUT2D eigenvalue weighted by Crippen LogP contribution is 2.08. The standard InChI is InChI=1S/C14H19IN2O2/c1-9(12(18)17-14(2,3)4)16-13(19)10-6-5-7-11(15)8-10/h5-9H,1-4H3,(H,16,19)(H,17,18). The van der Waals surface area contributed by atoms with Crippen molar-refractivity contribution in [2.24, 2.45) is 0 Å². The second-order valence-corrected chi connectivity index (χ2v) is 6.69. The smallest absolute Gasteiger partial charge is 0.251 e. The van der Waals surface area contributed by atoms with E-state index in [1.807, 2.05) is 32.9 Å². The Morgan fingerprint density at radius 3 is 2.42 bits per heavy atom. The van der Waals surface area contributed by atoms with Gasteiger partial charge in [-0.3, -0.25) is 9.59 Å². The molecule has 0 saturated heterocycles. The number of halogens is 1. The van der Waals surface area contributed by atoms with Crippen LogP contribution >= 0.6 is 22.6 Å². The van der Waals surface area contributed by atoms with E-state index in [2.05, 4.69) is 33.2 Å². The van der Waals surface area contributed by atoms with Gasteiger partial charge in [0.15, 0.2) is 0 Å². The van der Waals surface area contributed by atoms with E-state index in [9.17, 15) is 9.59 Å². The van der Waals surface area contributed by atoms with Crippen LogP contribution in [0.1, 0.15) is 38.1 Å². The summed E-state index contributed by atoms with van der Waals surface area (Å²) in [7, 11) is 0. The monoisotopic (exact) mass is 374 g/mol. The lowest BCUT2D eigenvalue weighted by molar-refractivity contribution is -0.124. The van der Waals surface area contributed by atoms with Crippen molar-refractivity contribution in [3.05, 3.63) is 33.4 Å². The molecule has 0 spiro atoms. The molecule has 1 aromatic carbocycles. The van der Waals surface area contributed by atoms with Gasteiger partial charge in [-0.25, -0.2) is 0 Å². The molecule has 0 bridgehead atoms. The number of hydrogen-bond donors (Lipinski definition) is 2. The maximum atomic E-state index is 12.0. The Labute approximate surface area is 127 Å². The summed E-state index contributed by atoms with van der Waals surface area (Å²) in [6.07, 6.45) is 0. The van der Waals surface area contributed by atoms with Crippen molar-refractivity contribution in [2.75, 3.05) is 0 Å². The van der Waals surface area contributed by atoms with Gasteiger partial charge in [-0.15, -0.1) is 0 Å². The highest BCUT2D eigenvalue weighted by molar-refractivity contribution is 14.1. The van der Waals surface area contributed by atoms with Crippen molar-refractivity contribution in [3.8, 4) is 0 Å². The molecule has 2 N–H and O–H groups in total. The SMILES string of the molecule is CC(NC(=O)c1cccc(I)c1)C(=O)NC(C)(C)C. The van der Waals surface area contributed by atoms with E-state index in [-0.39, 0.29) is 17.4 Å². The number of carbonyl (C=O) groups excluding carboxylic acids is 2. The summed E-state index contributed by atoms with van der Waals surface area (Å²) < 4.78 is 0.983. The lowest BCUT2D eigenvalue weighted by Crippen LogP contribution is -2.50. The van der Waals surface area contributed by atoms with Gasteiger partial charge in [0, 0.05) is 14.7 Å². The number of hydrogen-bond acceptors (Lipinski definition) is 2. The molecule has 0 aliphatic rings. The van der Waals surface area contributed by atoms with E-state index in [1.165, 1.54) is 0 Å². The molecule has 0 heterocycles. The topological polar surface area (TPSA) is 58.2 Å². The van der Waals surface area contributed by atoms with E-state index in [0.29, 0.717) is 5.56 Å². The van der Waals surface area contributed by atoms with Gasteiger partial charge >= 0.3 is 0 Å². The second-order valence-electron chi connectivity index (χ2n) is 5.44. The van der Waals surface area contributed by atoms with E-state index in [1.54, 1.807) is 19.1 Å². The van der Waals surface area contributed by atoms with Crippen molar-refractivity contribution in [1.29, 1.82) is 0 Å². The molecule has 19 heavy (non-hydrogen) atoms. The van der Waals surface area contributed by atoms with Gasteiger partial charge in [0.05, 0.1) is 0 Å². The van der Waals surface area contributed by atoms with Crippen LogP contribution in [-0.2, 0) is 4.79 Å². The lowest BCUT2D eigenvalue weighted by Gasteiger charge is -2.23. The largest absolute Gasteiger partial charge is 0.350 e. The Bertz CT molecular complexity index is 481. The first-order valence-corrected chi connectivity index (χ1v) is 7.15. The van der Waals surface area contributed by atoms with E-state index in [4.69, 9.17) is 0 Å². The zero-order chi connectivity index (χ0) is 14.6. The van der Waals surface area contributed by atoms with Crippen LogP contribution in [0.4, 0.5) is 0 Å². The van der Waals surface area contributed by atoms with Gasteiger partial charge in [-0.05, 0) is 68.5 Å². The molecule has 5 heteroatoms. The minimum Gasteiger partial charge on any atom is -0.350 e. The molecule has 1 rings (SSSR count). The molecule has 0 saturated carbocycles. The van der Waals surface area contributed by atoms with Gasteiger partial charge in [0.1, 0.15) is 6.04 Å². The zero-order valence-electron chi connectivity index (χ0n) is 11.6. The van der Waals surface area contributed by atoms with Crippen LogP contribution in [0, 0.1) is 3.57 Å². The Morgan fingerprint density at radius 2 is 1.89 bits per heavy atom. The summed E-state index contributed by atoms with van der Waals surface area (Å²) in [5, 5.41) is 5.52. The van der Waals surface area contributed by atoms with Crippen molar-refractivity contribution in [3.63, 3.8) is 0 Å². The molecule has 1 atom stereocenters. The summed E-state index contributed by atoms with van der Waals surface area (Å²) in [6.45, 7) is 7.38. The molecule has 0 fully saturated rings. The van der Waals surface area contributed by atoms with Crippen LogP contribution < -0.4 is 10.6 Å². The summed E-state index contributed by atoms with van der Waals surface area (Å²) in [5.41, 5.74) is 0.250. The molecule has 2 amide bonds. The van der Waals surface area contributed by atoms with E-state index in [0.717, 1.165) is 3.57 Å². The molecule has 0 aromatic heterocycles. The maximum absolute atomic E-state index is 12.0. The minimum absolute atomic E-state index is 0.188. The average molecular weight is 374 g/mol. The first-order valence-electron chi connectivity index (χ1n) is 6.07. The molecule has 1 unspecified atom stereocenters. The molecule has 0 aliphatic heterocycles. The molecule has 1 aromatic rings. The third kappa shape index (κ3) is 5.59. The van der Waals surface area contributed by atoms with Crippen molar-refractivity contribution in [1.82, 2.24) is 10.6 Å². The predicted octanol–water partition coefficient (Wildman–Crippen LogP) is 2.32. The highest BCUT2D eigenvalue weighted by atomic mass is 127. The fraction of sp³-hybridized carbons (Fsp3) is 0.429. The third-order valence-electron chi connectivity index (χ3n) is 2.33. The highest BCUT2D eigenvalue weighted by Gasteiger charge is 2.21. The van der Waals surface area contributed by atoms with Crippen LogP contribution in [-0.4, -0.2) is 23.4 Å². The van der Waals surface area contributed by atoms with Crippen LogP contribution in [0.3, 0.4) is 0 Å². The molecule has 4 nitrogen and oxygen atoms in total. The number of amides is 2. The van der Waals surface area contributed by atoms with E-state index >= 15 is 0 Å². The number of carbonyl (C=O) groups is 2. The van der Waals surface area contributed by atoms with Crippen molar-refractivity contribution >= 4 is 34.4 Å². The van der Waals surface area contributed by atoms with Crippen LogP contribution in [0.25, 0.3) is 0 Å². The molecule has 0 radical (unpaired) electrons. The number of rotatable bonds is 3. The predicted molar refractivity (Wildman–Crippen MR) is 84.0 cm³/mol. The normalized spacial score (nSPS) is 12.7. The minimum atomic E-state index is -0.565. The van der Waals surface area contributed by atoms with Crippen LogP contribution in [0.15, 0.2) is 24.3 Å². The fourth-order valence-electron chi connectivity index (χ4n) is 1.45. The number of nitrogens with one attached hydrogen (secondary N) is 2. The van der Waals surface area contributed by atoms with Crippen molar-refractivity contribution in [2.45, 2.75) is 39.3 Å². The van der Waals surface area contributed by atoms with Crippen molar-refractivity contribution < 1.29 is 9.59 Å².